The second kappa shape index (κ2) is 7.45. The van der Waals surface area contributed by atoms with Crippen LogP contribution in [0.4, 0.5) is 11.4 Å². The number of amides is 2. The molecule has 1 fully saturated rings. The van der Waals surface area contributed by atoms with Crippen molar-refractivity contribution in [1.29, 1.82) is 0 Å². The minimum atomic E-state index is -0.256. The van der Waals surface area contributed by atoms with Crippen LogP contribution in [-0.2, 0) is 9.59 Å². The second-order valence-electron chi connectivity index (χ2n) is 6.36. The maximum Gasteiger partial charge on any atom is 0.262 e. The number of carbonyl (C=O) groups excluding carboxylic acids is 2. The van der Waals surface area contributed by atoms with Gasteiger partial charge in [0.05, 0.1) is 11.2 Å². The van der Waals surface area contributed by atoms with E-state index in [0.717, 1.165) is 29.6 Å². The molecule has 1 saturated heterocycles. The van der Waals surface area contributed by atoms with E-state index in [1.165, 1.54) is 0 Å². The second-order valence-corrected chi connectivity index (χ2v) is 6.36. The Bertz CT molecular complexity index is 997. The van der Waals surface area contributed by atoms with Crippen molar-refractivity contribution in [2.45, 2.75) is 12.8 Å². The Kier molecular flexibility index (Phi) is 4.70. The van der Waals surface area contributed by atoms with Crippen molar-refractivity contribution in [2.24, 2.45) is 0 Å². The summed E-state index contributed by atoms with van der Waals surface area (Å²) >= 11 is 0. The molecular weight excluding hydrogens is 342 g/mol. The van der Waals surface area contributed by atoms with Gasteiger partial charge in [-0.25, -0.2) is 0 Å². The van der Waals surface area contributed by atoms with Gasteiger partial charge >= 0.3 is 0 Å². The monoisotopic (exact) mass is 361 g/mol. The summed E-state index contributed by atoms with van der Waals surface area (Å²) in [7, 11) is 0. The van der Waals surface area contributed by atoms with Crippen molar-refractivity contribution < 1.29 is 14.3 Å². The maximum absolute atomic E-state index is 12.3. The number of nitrogens with one attached hydrogen (secondary N) is 1. The van der Waals surface area contributed by atoms with Crippen LogP contribution in [0, 0.1) is 0 Å². The summed E-state index contributed by atoms with van der Waals surface area (Å²) in [5.41, 5.74) is 2.32. The molecule has 0 aliphatic carbocycles. The lowest BCUT2D eigenvalue weighted by Crippen LogP contribution is -2.24. The highest BCUT2D eigenvalue weighted by molar-refractivity contribution is 6.01. The summed E-state index contributed by atoms with van der Waals surface area (Å²) in [4.78, 5) is 30.2. The molecule has 0 saturated carbocycles. The van der Waals surface area contributed by atoms with E-state index in [2.05, 4.69) is 10.3 Å². The summed E-state index contributed by atoms with van der Waals surface area (Å²) < 4.78 is 5.62. The molecule has 0 unspecified atom stereocenters. The Hall–Kier alpha value is -3.41. The van der Waals surface area contributed by atoms with Crippen LogP contribution < -0.4 is 15.0 Å². The van der Waals surface area contributed by atoms with Crippen molar-refractivity contribution in [3.8, 4) is 5.75 Å². The minimum Gasteiger partial charge on any atom is -0.484 e. The van der Waals surface area contributed by atoms with Gasteiger partial charge < -0.3 is 15.0 Å². The SMILES string of the molecule is O=C(COc1cccc(N2CCCC2=O)c1)Nc1cccc2ncccc12. The standard InChI is InChI=1S/C21H19N3O3/c25-20(23-19-9-2-8-18-17(19)7-3-11-22-18)14-27-16-6-1-5-15(13-16)24-12-4-10-21(24)26/h1-3,5-9,11,13H,4,10,12,14H2,(H,23,25). The Balaban J connectivity index is 1.41. The van der Waals surface area contributed by atoms with Gasteiger partial charge in [-0.15, -0.1) is 0 Å². The fourth-order valence-electron chi connectivity index (χ4n) is 3.21. The first-order valence-corrected chi connectivity index (χ1v) is 8.87. The first-order valence-electron chi connectivity index (χ1n) is 8.87. The van der Waals surface area contributed by atoms with Crippen LogP contribution in [0.15, 0.2) is 60.8 Å². The molecule has 27 heavy (non-hydrogen) atoms. The van der Waals surface area contributed by atoms with Gasteiger partial charge in [0, 0.05) is 36.3 Å². The smallest absolute Gasteiger partial charge is 0.262 e. The number of carbonyl (C=O) groups is 2. The lowest BCUT2D eigenvalue weighted by atomic mass is 10.2. The van der Waals surface area contributed by atoms with Gasteiger partial charge in [-0.3, -0.25) is 14.6 Å². The quantitative estimate of drug-likeness (QED) is 0.756. The molecule has 136 valence electrons. The number of hydrogen-bond acceptors (Lipinski definition) is 4. The third-order valence-electron chi connectivity index (χ3n) is 4.49. The number of nitrogens with zero attached hydrogens (tertiary/aromatic N) is 2. The number of anilines is 2. The maximum atomic E-state index is 12.3. The zero-order chi connectivity index (χ0) is 18.6. The number of benzene rings is 2. The summed E-state index contributed by atoms with van der Waals surface area (Å²) in [6.07, 6.45) is 3.16. The van der Waals surface area contributed by atoms with Crippen LogP contribution in [0.5, 0.6) is 5.75 Å². The number of rotatable bonds is 5. The van der Waals surface area contributed by atoms with E-state index in [1.54, 1.807) is 23.2 Å². The van der Waals surface area contributed by atoms with Crippen molar-refractivity contribution in [2.75, 3.05) is 23.4 Å². The van der Waals surface area contributed by atoms with Gasteiger partial charge in [0.2, 0.25) is 5.91 Å². The van der Waals surface area contributed by atoms with Crippen molar-refractivity contribution >= 4 is 34.1 Å². The van der Waals surface area contributed by atoms with Crippen LogP contribution in [0.1, 0.15) is 12.8 Å². The molecule has 0 bridgehead atoms. The van der Waals surface area contributed by atoms with Gasteiger partial charge in [0.1, 0.15) is 5.75 Å². The normalized spacial score (nSPS) is 13.8. The third kappa shape index (κ3) is 3.74. The molecule has 4 rings (SSSR count). The molecular formula is C21H19N3O3. The first-order chi connectivity index (χ1) is 13.2. The average molecular weight is 361 g/mol. The highest BCUT2D eigenvalue weighted by atomic mass is 16.5. The molecule has 2 amide bonds. The van der Waals surface area contributed by atoms with Crippen LogP contribution in [0.3, 0.4) is 0 Å². The summed E-state index contributed by atoms with van der Waals surface area (Å²) in [6, 6.07) is 16.6. The first kappa shape index (κ1) is 17.0. The van der Waals surface area contributed by atoms with Crippen molar-refractivity contribution in [1.82, 2.24) is 4.98 Å². The third-order valence-corrected chi connectivity index (χ3v) is 4.49. The van der Waals surface area contributed by atoms with E-state index in [-0.39, 0.29) is 18.4 Å². The van der Waals surface area contributed by atoms with Crippen molar-refractivity contribution in [3.05, 3.63) is 60.8 Å². The molecule has 6 heteroatoms. The topological polar surface area (TPSA) is 71.5 Å². The van der Waals surface area contributed by atoms with E-state index < -0.39 is 0 Å². The Morgan fingerprint density at radius 1 is 1.15 bits per heavy atom. The molecule has 6 nitrogen and oxygen atoms in total. The van der Waals surface area contributed by atoms with Crippen LogP contribution in [0.25, 0.3) is 10.9 Å². The van der Waals surface area contributed by atoms with Gasteiger partial charge in [0.25, 0.3) is 5.91 Å². The van der Waals surface area contributed by atoms with E-state index in [9.17, 15) is 9.59 Å². The molecule has 3 aromatic rings. The zero-order valence-electron chi connectivity index (χ0n) is 14.7. The predicted octanol–water partition coefficient (Wildman–Crippen LogP) is 3.38. The molecule has 1 aliphatic heterocycles. The molecule has 0 atom stereocenters. The minimum absolute atomic E-state index is 0.117. The van der Waals surface area contributed by atoms with E-state index in [4.69, 9.17) is 4.74 Å². The van der Waals surface area contributed by atoms with Crippen molar-refractivity contribution in [3.63, 3.8) is 0 Å². The molecule has 0 radical (unpaired) electrons. The molecule has 1 aliphatic rings. The average Bonchev–Trinajstić information content (AvgIpc) is 3.13. The van der Waals surface area contributed by atoms with E-state index in [0.29, 0.717) is 17.9 Å². The Labute approximate surface area is 156 Å². The highest BCUT2D eigenvalue weighted by Gasteiger charge is 2.21. The zero-order valence-corrected chi connectivity index (χ0v) is 14.7. The largest absolute Gasteiger partial charge is 0.484 e. The number of fused-ring (bicyclic) bond motifs is 1. The van der Waals surface area contributed by atoms with Gasteiger partial charge in [-0.1, -0.05) is 12.1 Å². The Morgan fingerprint density at radius 3 is 2.89 bits per heavy atom. The summed E-state index contributed by atoms with van der Waals surface area (Å²) in [5, 5.41) is 3.74. The van der Waals surface area contributed by atoms with E-state index >= 15 is 0 Å². The van der Waals surface area contributed by atoms with Gasteiger partial charge in [-0.05, 0) is 42.8 Å². The van der Waals surface area contributed by atoms with Crippen LogP contribution >= 0.6 is 0 Å². The molecule has 1 aromatic heterocycles. The molecule has 2 heterocycles. The highest BCUT2D eigenvalue weighted by Crippen LogP contribution is 2.25. The fourth-order valence-corrected chi connectivity index (χ4v) is 3.21. The number of pyridine rings is 1. The molecule has 2 aromatic carbocycles. The summed E-state index contributed by atoms with van der Waals surface area (Å²) in [6.45, 7) is 0.603. The Morgan fingerprint density at radius 2 is 2.04 bits per heavy atom. The number of hydrogen-bond donors (Lipinski definition) is 1. The van der Waals surface area contributed by atoms with E-state index in [1.807, 2.05) is 42.5 Å². The molecule has 0 spiro atoms. The lowest BCUT2D eigenvalue weighted by molar-refractivity contribution is -0.118. The van der Waals surface area contributed by atoms with Gasteiger partial charge in [0.15, 0.2) is 6.61 Å². The van der Waals surface area contributed by atoms with Crippen LogP contribution in [0.2, 0.25) is 0 Å². The number of aromatic nitrogens is 1. The fraction of sp³-hybridized carbons (Fsp3) is 0.190. The molecule has 1 N–H and O–H groups in total. The predicted molar refractivity (Wildman–Crippen MR) is 104 cm³/mol. The number of ether oxygens (including phenoxy) is 1. The lowest BCUT2D eigenvalue weighted by Gasteiger charge is -2.16. The summed E-state index contributed by atoms with van der Waals surface area (Å²) in [5.74, 6) is 0.422. The van der Waals surface area contributed by atoms with Gasteiger partial charge in [-0.2, -0.15) is 0 Å². The van der Waals surface area contributed by atoms with Crippen LogP contribution in [-0.4, -0.2) is 29.9 Å².